The van der Waals surface area contributed by atoms with Crippen molar-refractivity contribution in [1.82, 2.24) is 20.4 Å². The van der Waals surface area contributed by atoms with Gasteiger partial charge in [-0.2, -0.15) is 0 Å². The first-order chi connectivity index (χ1) is 14.6. The molecule has 0 unspecified atom stereocenters. The summed E-state index contributed by atoms with van der Waals surface area (Å²) in [6.45, 7) is 8.48. The smallest absolute Gasteiger partial charge is 0.237 e. The number of amides is 1. The number of likely N-dealkylation sites (tertiary alicyclic amines) is 2. The topological polar surface area (TPSA) is 56.8 Å². The maximum absolute atomic E-state index is 12.9. The van der Waals surface area contributed by atoms with E-state index in [-0.39, 0.29) is 11.9 Å². The van der Waals surface area contributed by atoms with Crippen molar-refractivity contribution < 1.29 is 9.53 Å². The molecule has 0 spiro atoms. The number of nitrogens with one attached hydrogen (secondary N) is 2. The number of ether oxygens (including phenoxy) is 1. The Morgan fingerprint density at radius 1 is 1.27 bits per heavy atom. The maximum atomic E-state index is 12.9. The molecule has 7 heteroatoms. The predicted octanol–water partition coefficient (Wildman–Crippen LogP) is 2.51. The summed E-state index contributed by atoms with van der Waals surface area (Å²) in [5.74, 6) is 0.0937. The molecule has 6 nitrogen and oxygen atoms in total. The van der Waals surface area contributed by atoms with Crippen LogP contribution in [0, 0.1) is 0 Å². The van der Waals surface area contributed by atoms with Crippen molar-refractivity contribution >= 4 is 17.5 Å². The molecule has 2 fully saturated rings. The summed E-state index contributed by atoms with van der Waals surface area (Å²) >= 11 is 6.18. The highest BCUT2D eigenvalue weighted by atomic mass is 35.5. The van der Waals surface area contributed by atoms with Gasteiger partial charge in [0.15, 0.2) is 0 Å². The second kappa shape index (κ2) is 12.0. The van der Waals surface area contributed by atoms with Crippen molar-refractivity contribution in [3.8, 4) is 0 Å². The Balaban J connectivity index is 1.58. The van der Waals surface area contributed by atoms with E-state index in [9.17, 15) is 4.79 Å². The Hall–Kier alpha value is -1.18. The van der Waals surface area contributed by atoms with Crippen LogP contribution >= 0.6 is 11.6 Å². The molecule has 2 aliphatic heterocycles. The van der Waals surface area contributed by atoms with Gasteiger partial charge in [-0.15, -0.1) is 0 Å². The van der Waals surface area contributed by atoms with Crippen LogP contribution in [0.5, 0.6) is 0 Å². The summed E-state index contributed by atoms with van der Waals surface area (Å²) in [5, 5.41) is 7.63. The van der Waals surface area contributed by atoms with Crippen LogP contribution in [0.15, 0.2) is 24.3 Å². The number of hydrogen-bond donors (Lipinski definition) is 2. The van der Waals surface area contributed by atoms with Crippen LogP contribution in [-0.2, 0) is 16.1 Å². The second-order valence-corrected chi connectivity index (χ2v) is 9.01. The lowest BCUT2D eigenvalue weighted by Crippen LogP contribution is -2.47. The minimum absolute atomic E-state index is 0.0937. The molecule has 0 saturated carbocycles. The molecule has 0 radical (unpaired) electrons. The molecule has 2 aliphatic rings. The van der Waals surface area contributed by atoms with Gasteiger partial charge in [-0.05, 0) is 63.0 Å². The monoisotopic (exact) mass is 436 g/mol. The molecule has 2 heterocycles. The lowest BCUT2D eigenvalue weighted by molar-refractivity contribution is -0.125. The third-order valence-electron chi connectivity index (χ3n) is 6.19. The first kappa shape index (κ1) is 23.5. The minimum atomic E-state index is -0.126. The van der Waals surface area contributed by atoms with Crippen molar-refractivity contribution in [1.29, 1.82) is 0 Å². The van der Waals surface area contributed by atoms with Gasteiger partial charge < -0.3 is 20.3 Å². The molecule has 168 valence electrons. The lowest BCUT2D eigenvalue weighted by atomic mass is 10.0. The highest BCUT2D eigenvalue weighted by Crippen LogP contribution is 2.24. The number of carbonyl (C=O) groups is 1. The van der Waals surface area contributed by atoms with Crippen LogP contribution in [0.3, 0.4) is 0 Å². The fraction of sp³-hybridized carbons (Fsp3) is 0.696. The molecule has 2 atom stereocenters. The van der Waals surface area contributed by atoms with Gasteiger partial charge in [-0.1, -0.05) is 30.7 Å². The van der Waals surface area contributed by atoms with Gasteiger partial charge in [0.1, 0.15) is 0 Å². The number of nitrogens with zero attached hydrogens (tertiary/aromatic N) is 2. The quantitative estimate of drug-likeness (QED) is 0.552. The molecule has 1 aromatic carbocycles. The molecule has 30 heavy (non-hydrogen) atoms. The molecule has 1 aromatic rings. The van der Waals surface area contributed by atoms with Crippen LogP contribution in [0.4, 0.5) is 0 Å². The largest absolute Gasteiger partial charge is 0.383 e. The van der Waals surface area contributed by atoms with E-state index >= 15 is 0 Å². The first-order valence-electron chi connectivity index (χ1n) is 11.3. The third kappa shape index (κ3) is 6.92. The Labute approximate surface area is 186 Å². The van der Waals surface area contributed by atoms with Gasteiger partial charge in [0.05, 0.1) is 12.6 Å². The standard InChI is InChI=1S/C23H37ClN4O2/c1-3-10-27-11-7-20(8-12-27)26-21-15-22(23(29)25-9-13-30-2)28(17-21)16-18-5-4-6-19(24)14-18/h4-6,14,20-22,26H,3,7-13,15-17H2,1-2H3,(H,25,29)/t21-,22+/m1/s1. The van der Waals surface area contributed by atoms with Crippen molar-refractivity contribution in [2.75, 3.05) is 46.4 Å². The molecule has 2 saturated heterocycles. The van der Waals surface area contributed by atoms with Crippen LogP contribution in [0.1, 0.15) is 38.2 Å². The van der Waals surface area contributed by atoms with E-state index in [4.69, 9.17) is 16.3 Å². The number of halogens is 1. The maximum Gasteiger partial charge on any atom is 0.237 e. The number of piperidine rings is 1. The number of methoxy groups -OCH3 is 1. The van der Waals surface area contributed by atoms with Crippen molar-refractivity contribution in [2.24, 2.45) is 0 Å². The molecule has 0 aromatic heterocycles. The normalized spacial score (nSPS) is 23.7. The van der Waals surface area contributed by atoms with E-state index in [1.54, 1.807) is 7.11 Å². The van der Waals surface area contributed by atoms with Crippen LogP contribution in [-0.4, -0.2) is 80.3 Å². The first-order valence-corrected chi connectivity index (χ1v) is 11.7. The fourth-order valence-corrected chi connectivity index (χ4v) is 4.92. The number of rotatable bonds is 10. The van der Waals surface area contributed by atoms with E-state index in [0.29, 0.717) is 25.2 Å². The Morgan fingerprint density at radius 2 is 2.07 bits per heavy atom. The van der Waals surface area contributed by atoms with E-state index < -0.39 is 0 Å². The van der Waals surface area contributed by atoms with Gasteiger partial charge in [0.2, 0.25) is 5.91 Å². The van der Waals surface area contributed by atoms with Gasteiger partial charge in [-0.3, -0.25) is 9.69 Å². The third-order valence-corrected chi connectivity index (χ3v) is 6.42. The Kier molecular flexibility index (Phi) is 9.40. The molecular formula is C23H37ClN4O2. The summed E-state index contributed by atoms with van der Waals surface area (Å²) in [6.07, 6.45) is 4.44. The number of hydrogen-bond acceptors (Lipinski definition) is 5. The average Bonchev–Trinajstić information content (AvgIpc) is 3.12. The molecule has 3 rings (SSSR count). The van der Waals surface area contributed by atoms with Gasteiger partial charge >= 0.3 is 0 Å². The van der Waals surface area contributed by atoms with Crippen molar-refractivity contribution in [3.63, 3.8) is 0 Å². The summed E-state index contributed by atoms with van der Waals surface area (Å²) in [7, 11) is 1.65. The van der Waals surface area contributed by atoms with Gasteiger partial charge in [-0.25, -0.2) is 0 Å². The van der Waals surface area contributed by atoms with E-state index in [2.05, 4.69) is 33.4 Å². The highest BCUT2D eigenvalue weighted by Gasteiger charge is 2.37. The van der Waals surface area contributed by atoms with Crippen LogP contribution in [0.2, 0.25) is 5.02 Å². The zero-order valence-electron chi connectivity index (χ0n) is 18.4. The van der Waals surface area contributed by atoms with Gasteiger partial charge in [0.25, 0.3) is 0 Å². The SMILES string of the molecule is CCCN1CCC(N[C@@H]2C[C@@H](C(=O)NCCOC)N(Cc3cccc(Cl)c3)C2)CC1. The summed E-state index contributed by atoms with van der Waals surface area (Å²) < 4.78 is 5.08. The highest BCUT2D eigenvalue weighted by molar-refractivity contribution is 6.30. The van der Waals surface area contributed by atoms with Crippen molar-refractivity contribution in [3.05, 3.63) is 34.9 Å². The van der Waals surface area contributed by atoms with Crippen molar-refractivity contribution in [2.45, 2.75) is 57.3 Å². The summed E-state index contributed by atoms with van der Waals surface area (Å²) in [6, 6.07) is 8.69. The predicted molar refractivity (Wildman–Crippen MR) is 122 cm³/mol. The molecular weight excluding hydrogens is 400 g/mol. The molecule has 0 bridgehead atoms. The van der Waals surface area contributed by atoms with E-state index in [0.717, 1.165) is 30.1 Å². The van der Waals surface area contributed by atoms with Gasteiger partial charge in [0, 0.05) is 43.9 Å². The average molecular weight is 437 g/mol. The van der Waals surface area contributed by atoms with Crippen LogP contribution < -0.4 is 10.6 Å². The summed E-state index contributed by atoms with van der Waals surface area (Å²) in [5.41, 5.74) is 1.14. The number of carbonyl (C=O) groups excluding carboxylic acids is 1. The van der Waals surface area contributed by atoms with Crippen LogP contribution in [0.25, 0.3) is 0 Å². The second-order valence-electron chi connectivity index (χ2n) is 8.57. The Morgan fingerprint density at radius 3 is 2.77 bits per heavy atom. The minimum Gasteiger partial charge on any atom is -0.383 e. The van der Waals surface area contributed by atoms with E-state index in [1.165, 1.54) is 38.9 Å². The molecule has 2 N–H and O–H groups in total. The Bertz CT molecular complexity index is 666. The lowest BCUT2D eigenvalue weighted by Gasteiger charge is -2.33. The van der Waals surface area contributed by atoms with E-state index in [1.807, 2.05) is 18.2 Å². The fourth-order valence-electron chi connectivity index (χ4n) is 4.71. The zero-order valence-corrected chi connectivity index (χ0v) is 19.2. The summed E-state index contributed by atoms with van der Waals surface area (Å²) in [4.78, 5) is 17.7. The number of benzene rings is 1. The molecule has 0 aliphatic carbocycles. The zero-order chi connectivity index (χ0) is 21.3. The molecule has 1 amide bonds.